The number of benzene rings is 2. The van der Waals surface area contributed by atoms with Gasteiger partial charge in [-0.25, -0.2) is 9.78 Å². The van der Waals surface area contributed by atoms with Crippen molar-refractivity contribution in [2.75, 3.05) is 13.1 Å². The van der Waals surface area contributed by atoms with Crippen LogP contribution < -0.4 is 0 Å². The Morgan fingerprint density at radius 3 is 2.66 bits per heavy atom. The zero-order valence-electron chi connectivity index (χ0n) is 17.2. The molecule has 0 saturated carbocycles. The predicted octanol–water partition coefficient (Wildman–Crippen LogP) is 4.77. The molecule has 1 aromatic heterocycles. The van der Waals surface area contributed by atoms with Crippen molar-refractivity contribution in [1.29, 1.82) is 0 Å². The molecule has 29 heavy (non-hydrogen) atoms. The van der Waals surface area contributed by atoms with Crippen molar-refractivity contribution in [3.63, 3.8) is 0 Å². The molecule has 1 N–H and O–H groups in total. The van der Waals surface area contributed by atoms with Gasteiger partial charge in [-0.1, -0.05) is 43.7 Å². The highest BCUT2D eigenvalue weighted by molar-refractivity contribution is 5.92. The second-order valence-corrected chi connectivity index (χ2v) is 7.99. The number of likely N-dealkylation sites (tertiary alicyclic amines) is 1. The van der Waals surface area contributed by atoms with Crippen LogP contribution in [0.2, 0.25) is 0 Å². The van der Waals surface area contributed by atoms with Crippen LogP contribution in [0.15, 0.2) is 48.5 Å². The Morgan fingerprint density at radius 2 is 1.97 bits per heavy atom. The molecule has 1 aliphatic rings. The van der Waals surface area contributed by atoms with Crippen molar-refractivity contribution in [1.82, 2.24) is 14.5 Å². The molecular formula is C24H29N3O2. The van der Waals surface area contributed by atoms with E-state index in [1.54, 1.807) is 12.1 Å². The van der Waals surface area contributed by atoms with Gasteiger partial charge in [0.25, 0.3) is 0 Å². The molecule has 5 nitrogen and oxygen atoms in total. The lowest BCUT2D eigenvalue weighted by Gasteiger charge is -2.38. The third-order valence-electron chi connectivity index (χ3n) is 6.33. The van der Waals surface area contributed by atoms with Crippen molar-refractivity contribution in [3.8, 4) is 0 Å². The minimum atomic E-state index is -0.909. The maximum absolute atomic E-state index is 11.3. The molecule has 152 valence electrons. The van der Waals surface area contributed by atoms with Crippen molar-refractivity contribution in [2.24, 2.45) is 5.92 Å². The zero-order chi connectivity index (χ0) is 20.4. The number of hydrogen-bond donors (Lipinski definition) is 1. The van der Waals surface area contributed by atoms with Gasteiger partial charge in [0.15, 0.2) is 0 Å². The molecule has 0 amide bonds. The van der Waals surface area contributed by atoms with Gasteiger partial charge in [0.1, 0.15) is 5.82 Å². The smallest absolute Gasteiger partial charge is 0.335 e. The van der Waals surface area contributed by atoms with Gasteiger partial charge >= 0.3 is 5.97 Å². The molecule has 1 saturated heterocycles. The van der Waals surface area contributed by atoms with Crippen LogP contribution in [0.4, 0.5) is 0 Å². The second-order valence-electron chi connectivity index (χ2n) is 7.99. The Bertz CT molecular complexity index is 996. The monoisotopic (exact) mass is 391 g/mol. The average Bonchev–Trinajstić information content (AvgIpc) is 3.10. The van der Waals surface area contributed by atoms with Crippen molar-refractivity contribution in [3.05, 3.63) is 65.5 Å². The molecule has 2 aromatic carbocycles. The molecule has 0 radical (unpaired) electrons. The Hall–Kier alpha value is -2.66. The lowest BCUT2D eigenvalue weighted by molar-refractivity contribution is 0.0697. The molecule has 3 aromatic rings. The summed E-state index contributed by atoms with van der Waals surface area (Å²) >= 11 is 0. The van der Waals surface area contributed by atoms with Gasteiger partial charge in [0.05, 0.1) is 23.1 Å². The van der Waals surface area contributed by atoms with Gasteiger partial charge < -0.3 is 9.67 Å². The van der Waals surface area contributed by atoms with E-state index in [4.69, 9.17) is 4.98 Å². The van der Waals surface area contributed by atoms with Gasteiger partial charge in [-0.15, -0.1) is 0 Å². The third kappa shape index (κ3) is 3.92. The summed E-state index contributed by atoms with van der Waals surface area (Å²) in [6, 6.07) is 16.1. The fraction of sp³-hybridized carbons (Fsp3) is 0.417. The summed E-state index contributed by atoms with van der Waals surface area (Å²) in [7, 11) is 0. The van der Waals surface area contributed by atoms with E-state index in [1.807, 2.05) is 6.07 Å². The Kier molecular flexibility index (Phi) is 5.67. The highest BCUT2D eigenvalue weighted by atomic mass is 16.4. The fourth-order valence-corrected chi connectivity index (χ4v) is 4.79. The quantitative estimate of drug-likeness (QED) is 0.658. The molecule has 0 bridgehead atoms. The summed E-state index contributed by atoms with van der Waals surface area (Å²) in [6.07, 6.45) is 2.33. The number of carboxylic acid groups (broad SMARTS) is 1. The number of hydrogen-bond acceptors (Lipinski definition) is 3. The van der Waals surface area contributed by atoms with Crippen molar-refractivity contribution < 1.29 is 9.90 Å². The summed E-state index contributed by atoms with van der Waals surface area (Å²) < 4.78 is 2.21. The van der Waals surface area contributed by atoms with Crippen LogP contribution in [-0.4, -0.2) is 38.6 Å². The number of carbonyl (C=O) groups is 1. The van der Waals surface area contributed by atoms with Crippen molar-refractivity contribution >= 4 is 17.0 Å². The second kappa shape index (κ2) is 8.37. The molecule has 0 spiro atoms. The van der Waals surface area contributed by atoms with E-state index in [2.05, 4.69) is 53.6 Å². The number of nitrogens with zero attached hydrogens (tertiary/aromatic N) is 3. The van der Waals surface area contributed by atoms with Crippen LogP contribution in [-0.2, 0) is 13.1 Å². The molecule has 2 heterocycles. The zero-order valence-corrected chi connectivity index (χ0v) is 17.2. The summed E-state index contributed by atoms with van der Waals surface area (Å²) in [5.74, 6) is 1.39. The normalized spacial score (nSPS) is 20.2. The van der Waals surface area contributed by atoms with Crippen LogP contribution >= 0.6 is 0 Å². The number of carboxylic acids is 1. The summed E-state index contributed by atoms with van der Waals surface area (Å²) in [4.78, 5) is 18.6. The van der Waals surface area contributed by atoms with Crippen LogP contribution in [0.25, 0.3) is 11.0 Å². The Labute approximate surface area is 172 Å². The third-order valence-corrected chi connectivity index (χ3v) is 6.33. The highest BCUT2D eigenvalue weighted by Crippen LogP contribution is 2.35. The minimum absolute atomic E-state index is 0.291. The van der Waals surface area contributed by atoms with Gasteiger partial charge in [-0.3, -0.25) is 4.90 Å². The Balaban J connectivity index is 1.55. The summed E-state index contributed by atoms with van der Waals surface area (Å²) in [5, 5.41) is 9.27. The molecule has 2 atom stereocenters. The van der Waals surface area contributed by atoms with Gasteiger partial charge in [-0.05, 0) is 55.5 Å². The number of fused-ring (bicyclic) bond motifs is 1. The Morgan fingerprint density at radius 1 is 1.17 bits per heavy atom. The molecule has 2 unspecified atom stereocenters. The van der Waals surface area contributed by atoms with E-state index in [0.29, 0.717) is 17.4 Å². The van der Waals surface area contributed by atoms with Gasteiger partial charge in [-0.2, -0.15) is 0 Å². The number of aryl methyl sites for hydroxylation is 1. The van der Waals surface area contributed by atoms with Crippen LogP contribution in [0.1, 0.15) is 54.4 Å². The molecule has 1 aliphatic heterocycles. The number of aromatic nitrogens is 2. The number of rotatable bonds is 6. The number of piperidine rings is 1. The first-order chi connectivity index (χ1) is 14.1. The average molecular weight is 392 g/mol. The fourth-order valence-electron chi connectivity index (χ4n) is 4.79. The maximum Gasteiger partial charge on any atom is 0.335 e. The van der Waals surface area contributed by atoms with E-state index >= 15 is 0 Å². The molecule has 1 fully saturated rings. The maximum atomic E-state index is 11.3. The van der Waals surface area contributed by atoms with Crippen LogP contribution in [0.5, 0.6) is 0 Å². The highest BCUT2D eigenvalue weighted by Gasteiger charge is 2.29. The lowest BCUT2D eigenvalue weighted by Crippen LogP contribution is -2.39. The first-order valence-corrected chi connectivity index (χ1v) is 10.6. The van der Waals surface area contributed by atoms with Gasteiger partial charge in [0.2, 0.25) is 0 Å². The first-order valence-electron chi connectivity index (χ1n) is 10.6. The van der Waals surface area contributed by atoms with E-state index in [1.165, 1.54) is 12.0 Å². The lowest BCUT2D eigenvalue weighted by atomic mass is 9.79. The summed E-state index contributed by atoms with van der Waals surface area (Å²) in [6.45, 7) is 8.18. The largest absolute Gasteiger partial charge is 0.478 e. The van der Waals surface area contributed by atoms with E-state index in [0.717, 1.165) is 49.5 Å². The van der Waals surface area contributed by atoms with Crippen LogP contribution in [0.3, 0.4) is 0 Å². The SMILES string of the molecule is CCC1CN(Cc2nc3cc(C(=O)O)ccc3n2CC)CCC1c1ccccc1. The topological polar surface area (TPSA) is 58.4 Å². The number of imidazole rings is 1. The molecule has 5 heteroatoms. The molecule has 4 rings (SSSR count). The van der Waals surface area contributed by atoms with E-state index in [9.17, 15) is 9.90 Å². The molecule has 0 aliphatic carbocycles. The number of aromatic carboxylic acids is 1. The standard InChI is InChI=1S/C24H29N3O2/c1-3-17-15-26(13-12-20(17)18-8-6-5-7-9-18)16-23-25-21-14-19(24(28)29)10-11-22(21)27(23)4-2/h5-11,14,17,20H,3-4,12-13,15-16H2,1-2H3,(H,28,29). The van der Waals surface area contributed by atoms with Crippen LogP contribution in [0, 0.1) is 5.92 Å². The van der Waals surface area contributed by atoms with Crippen molar-refractivity contribution in [2.45, 2.75) is 45.7 Å². The predicted molar refractivity (Wildman–Crippen MR) is 115 cm³/mol. The van der Waals surface area contributed by atoms with E-state index in [-0.39, 0.29) is 0 Å². The first kappa shape index (κ1) is 19.6. The van der Waals surface area contributed by atoms with E-state index < -0.39 is 5.97 Å². The molecular weight excluding hydrogens is 362 g/mol. The minimum Gasteiger partial charge on any atom is -0.478 e. The van der Waals surface area contributed by atoms with Gasteiger partial charge in [0, 0.05) is 13.1 Å². The summed E-state index contributed by atoms with van der Waals surface area (Å²) in [5.41, 5.74) is 3.53.